The van der Waals surface area contributed by atoms with Gasteiger partial charge in [0.2, 0.25) is 0 Å². The van der Waals surface area contributed by atoms with E-state index in [-0.39, 0.29) is 0 Å². The van der Waals surface area contributed by atoms with Gasteiger partial charge in [0, 0.05) is 31.6 Å². The Morgan fingerprint density at radius 3 is 3.05 bits per heavy atom. The molecule has 1 saturated carbocycles. The first-order chi connectivity index (χ1) is 9.90. The molecule has 5 nitrogen and oxygen atoms in total. The molecule has 1 aliphatic carbocycles. The molecule has 0 spiro atoms. The van der Waals surface area contributed by atoms with Gasteiger partial charge in [-0.05, 0) is 37.3 Å². The van der Waals surface area contributed by atoms with Crippen LogP contribution in [0.25, 0.3) is 0 Å². The van der Waals surface area contributed by atoms with Crippen molar-refractivity contribution in [1.29, 1.82) is 0 Å². The van der Waals surface area contributed by atoms with Gasteiger partial charge < -0.3 is 15.4 Å². The number of nitrogens with one attached hydrogen (secondary N) is 2. The highest BCUT2D eigenvalue weighted by molar-refractivity contribution is 5.80. The zero-order chi connectivity index (χ0) is 13.6. The van der Waals surface area contributed by atoms with Crippen molar-refractivity contribution < 1.29 is 4.74 Å². The normalized spacial score (nSPS) is 22.8. The van der Waals surface area contributed by atoms with Gasteiger partial charge in [-0.3, -0.25) is 4.98 Å². The summed E-state index contributed by atoms with van der Waals surface area (Å²) in [5, 5.41) is 6.84. The summed E-state index contributed by atoms with van der Waals surface area (Å²) in [7, 11) is 0. The molecule has 1 aliphatic heterocycles. The number of nitrogens with zero attached hydrogens (tertiary/aromatic N) is 2. The molecule has 108 valence electrons. The number of guanidine groups is 1. The minimum Gasteiger partial charge on any atom is -0.376 e. The molecule has 2 fully saturated rings. The van der Waals surface area contributed by atoms with Crippen molar-refractivity contribution in [3.63, 3.8) is 0 Å². The molecule has 0 aromatic carbocycles. The highest BCUT2D eigenvalue weighted by Crippen LogP contribution is 2.18. The summed E-state index contributed by atoms with van der Waals surface area (Å²) in [5.74, 6) is 0.895. The van der Waals surface area contributed by atoms with Crippen LogP contribution in [0.4, 0.5) is 0 Å². The SMILES string of the molecule is c1cncc(CN=C(NCC2CCCO2)NC2CC2)c1. The number of hydrogen-bond donors (Lipinski definition) is 2. The van der Waals surface area contributed by atoms with E-state index in [1.54, 1.807) is 6.20 Å². The van der Waals surface area contributed by atoms with Crippen LogP contribution < -0.4 is 10.6 Å². The Bertz CT molecular complexity index is 438. The second-order valence-corrected chi connectivity index (χ2v) is 5.46. The van der Waals surface area contributed by atoms with E-state index in [4.69, 9.17) is 4.74 Å². The average molecular weight is 274 g/mol. The summed E-state index contributed by atoms with van der Waals surface area (Å²) in [4.78, 5) is 8.75. The van der Waals surface area contributed by atoms with Crippen molar-refractivity contribution >= 4 is 5.96 Å². The van der Waals surface area contributed by atoms with Crippen LogP contribution in [0, 0.1) is 0 Å². The summed E-state index contributed by atoms with van der Waals surface area (Å²) in [6, 6.07) is 4.59. The molecule has 0 amide bonds. The number of aromatic nitrogens is 1. The second kappa shape index (κ2) is 6.70. The topological polar surface area (TPSA) is 58.5 Å². The smallest absolute Gasteiger partial charge is 0.191 e. The second-order valence-electron chi connectivity index (χ2n) is 5.46. The van der Waals surface area contributed by atoms with E-state index in [1.165, 1.54) is 19.3 Å². The Labute approximate surface area is 119 Å². The minimum absolute atomic E-state index is 0.333. The molecule has 2 aliphatic rings. The van der Waals surface area contributed by atoms with Gasteiger partial charge in [-0.1, -0.05) is 6.07 Å². The molecule has 20 heavy (non-hydrogen) atoms. The molecule has 1 saturated heterocycles. The van der Waals surface area contributed by atoms with E-state index in [0.717, 1.165) is 31.1 Å². The molecule has 1 unspecified atom stereocenters. The van der Waals surface area contributed by atoms with Crippen LogP contribution in [0.15, 0.2) is 29.5 Å². The Balaban J connectivity index is 1.53. The minimum atomic E-state index is 0.333. The van der Waals surface area contributed by atoms with Crippen LogP contribution in [-0.4, -0.2) is 36.2 Å². The lowest BCUT2D eigenvalue weighted by Gasteiger charge is -2.15. The first-order valence-electron chi connectivity index (χ1n) is 7.45. The average Bonchev–Trinajstić information content (AvgIpc) is 3.15. The molecular weight excluding hydrogens is 252 g/mol. The quantitative estimate of drug-likeness (QED) is 0.630. The highest BCUT2D eigenvalue weighted by atomic mass is 16.5. The third kappa shape index (κ3) is 4.20. The lowest BCUT2D eigenvalue weighted by atomic mass is 10.2. The highest BCUT2D eigenvalue weighted by Gasteiger charge is 2.23. The number of ether oxygens (including phenoxy) is 1. The van der Waals surface area contributed by atoms with Crippen molar-refractivity contribution in [2.75, 3.05) is 13.2 Å². The lowest BCUT2D eigenvalue weighted by Crippen LogP contribution is -2.42. The number of rotatable bonds is 5. The molecule has 1 aromatic rings. The predicted octanol–water partition coefficient (Wildman–Crippen LogP) is 1.46. The molecule has 1 atom stereocenters. The van der Waals surface area contributed by atoms with Gasteiger partial charge in [-0.2, -0.15) is 0 Å². The van der Waals surface area contributed by atoms with Crippen LogP contribution in [0.5, 0.6) is 0 Å². The molecule has 5 heteroatoms. The van der Waals surface area contributed by atoms with E-state index >= 15 is 0 Å². The van der Waals surface area contributed by atoms with Gasteiger partial charge in [0.25, 0.3) is 0 Å². The Hall–Kier alpha value is -1.62. The third-order valence-corrected chi connectivity index (χ3v) is 3.58. The van der Waals surface area contributed by atoms with Gasteiger partial charge in [0.15, 0.2) is 5.96 Å². The van der Waals surface area contributed by atoms with Crippen LogP contribution >= 0.6 is 0 Å². The van der Waals surface area contributed by atoms with Gasteiger partial charge in [-0.15, -0.1) is 0 Å². The monoisotopic (exact) mass is 274 g/mol. The number of pyridine rings is 1. The molecule has 2 N–H and O–H groups in total. The fourth-order valence-corrected chi connectivity index (χ4v) is 2.25. The summed E-state index contributed by atoms with van der Waals surface area (Å²) in [6.45, 7) is 2.39. The molecule has 3 rings (SSSR count). The maximum atomic E-state index is 5.63. The summed E-state index contributed by atoms with van der Waals surface area (Å²) >= 11 is 0. The van der Waals surface area contributed by atoms with Crippen LogP contribution in [0.3, 0.4) is 0 Å². The summed E-state index contributed by atoms with van der Waals surface area (Å²) in [6.07, 6.45) is 8.78. The third-order valence-electron chi connectivity index (χ3n) is 3.58. The maximum absolute atomic E-state index is 5.63. The first kappa shape index (κ1) is 13.4. The van der Waals surface area contributed by atoms with Gasteiger partial charge >= 0.3 is 0 Å². The van der Waals surface area contributed by atoms with Gasteiger partial charge in [-0.25, -0.2) is 4.99 Å². The summed E-state index contributed by atoms with van der Waals surface area (Å²) in [5.41, 5.74) is 1.13. The van der Waals surface area contributed by atoms with E-state index in [9.17, 15) is 0 Å². The van der Waals surface area contributed by atoms with Crippen LogP contribution in [0.2, 0.25) is 0 Å². The number of hydrogen-bond acceptors (Lipinski definition) is 3. The van der Waals surface area contributed by atoms with E-state index in [1.807, 2.05) is 18.3 Å². The molecular formula is C15H22N4O. The maximum Gasteiger partial charge on any atom is 0.191 e. The standard InChI is InChI=1S/C15H22N4O/c1-3-12(9-16-7-1)10-17-15(19-13-5-6-13)18-11-14-4-2-8-20-14/h1,3,7,9,13-14H,2,4-6,8,10-11H2,(H2,17,18,19). The first-order valence-corrected chi connectivity index (χ1v) is 7.45. The predicted molar refractivity (Wildman–Crippen MR) is 78.5 cm³/mol. The van der Waals surface area contributed by atoms with Gasteiger partial charge in [0.05, 0.1) is 12.6 Å². The van der Waals surface area contributed by atoms with E-state index in [2.05, 4.69) is 20.6 Å². The Morgan fingerprint density at radius 1 is 1.40 bits per heavy atom. The fourth-order valence-electron chi connectivity index (χ4n) is 2.25. The Kier molecular flexibility index (Phi) is 4.48. The zero-order valence-electron chi connectivity index (χ0n) is 11.7. The molecule has 0 bridgehead atoms. The van der Waals surface area contributed by atoms with E-state index in [0.29, 0.717) is 18.7 Å². The Morgan fingerprint density at radius 2 is 2.35 bits per heavy atom. The van der Waals surface area contributed by atoms with Crippen molar-refractivity contribution in [3.8, 4) is 0 Å². The van der Waals surface area contributed by atoms with Crippen molar-refractivity contribution in [3.05, 3.63) is 30.1 Å². The van der Waals surface area contributed by atoms with Crippen LogP contribution in [0.1, 0.15) is 31.2 Å². The molecule has 2 heterocycles. The number of aliphatic imine (C=N–C) groups is 1. The van der Waals surface area contributed by atoms with Crippen LogP contribution in [-0.2, 0) is 11.3 Å². The molecule has 1 aromatic heterocycles. The van der Waals surface area contributed by atoms with Crippen molar-refractivity contribution in [2.45, 2.75) is 44.4 Å². The van der Waals surface area contributed by atoms with E-state index < -0.39 is 0 Å². The fraction of sp³-hybridized carbons (Fsp3) is 0.600. The lowest BCUT2D eigenvalue weighted by molar-refractivity contribution is 0.113. The largest absolute Gasteiger partial charge is 0.376 e. The van der Waals surface area contributed by atoms with Crippen molar-refractivity contribution in [2.24, 2.45) is 4.99 Å². The zero-order valence-corrected chi connectivity index (χ0v) is 11.7. The van der Waals surface area contributed by atoms with Gasteiger partial charge in [0.1, 0.15) is 0 Å². The van der Waals surface area contributed by atoms with Crippen molar-refractivity contribution in [1.82, 2.24) is 15.6 Å². The molecule has 0 radical (unpaired) electrons. The summed E-state index contributed by atoms with van der Waals surface area (Å²) < 4.78 is 5.63.